The number of rotatable bonds is 5. The van der Waals surface area contributed by atoms with Crippen LogP contribution in [-0.4, -0.2) is 67.4 Å². The quantitative estimate of drug-likeness (QED) is 0.890. The molecule has 0 amide bonds. The summed E-state index contributed by atoms with van der Waals surface area (Å²) in [6.07, 6.45) is 0.996. The molecule has 2 aliphatic rings. The van der Waals surface area contributed by atoms with E-state index >= 15 is 0 Å². The summed E-state index contributed by atoms with van der Waals surface area (Å²) in [4.78, 5) is 4.56. The molecule has 6 heteroatoms. The molecule has 1 aromatic carbocycles. The summed E-state index contributed by atoms with van der Waals surface area (Å²) in [5, 5.41) is 10.2. The van der Waals surface area contributed by atoms with Gasteiger partial charge in [0.2, 0.25) is 0 Å². The van der Waals surface area contributed by atoms with Crippen molar-refractivity contribution in [2.45, 2.75) is 18.9 Å². The number of halogens is 2. The minimum atomic E-state index is -1.12. The zero-order valence-electron chi connectivity index (χ0n) is 14.0. The first-order chi connectivity index (χ1) is 11.6. The summed E-state index contributed by atoms with van der Waals surface area (Å²) in [5.41, 5.74) is -0.215. The molecule has 0 bridgehead atoms. The normalized spacial score (nSPS) is 22.6. The molecule has 3 rings (SSSR count). The number of hydrogen-bond donors (Lipinski definition) is 1. The Bertz CT molecular complexity index is 510. The third-order valence-corrected chi connectivity index (χ3v) is 5.09. The number of likely N-dealkylation sites (tertiary alicyclic amines) is 1. The van der Waals surface area contributed by atoms with Gasteiger partial charge in [-0.15, -0.1) is 0 Å². The van der Waals surface area contributed by atoms with Crippen molar-refractivity contribution in [2.75, 3.05) is 52.5 Å². The molecule has 0 radical (unpaired) electrons. The van der Waals surface area contributed by atoms with Gasteiger partial charge >= 0.3 is 0 Å². The lowest BCUT2D eigenvalue weighted by atomic mass is 9.95. The fraction of sp³-hybridized carbons (Fsp3) is 0.667. The van der Waals surface area contributed by atoms with Crippen molar-refractivity contribution >= 4 is 0 Å². The van der Waals surface area contributed by atoms with E-state index in [0.717, 1.165) is 58.8 Å². The molecule has 24 heavy (non-hydrogen) atoms. The van der Waals surface area contributed by atoms with Gasteiger partial charge in [0.1, 0.15) is 11.6 Å². The monoisotopic (exact) mass is 340 g/mol. The van der Waals surface area contributed by atoms with E-state index in [4.69, 9.17) is 4.74 Å². The number of hydrogen-bond acceptors (Lipinski definition) is 4. The molecule has 2 fully saturated rings. The number of aliphatic hydroxyl groups excluding tert-OH is 1. The van der Waals surface area contributed by atoms with Gasteiger partial charge in [-0.2, -0.15) is 0 Å². The minimum Gasteiger partial charge on any atom is -0.387 e. The molecule has 0 saturated carbocycles. The van der Waals surface area contributed by atoms with Crippen LogP contribution in [0, 0.1) is 17.6 Å². The Hall–Kier alpha value is -1.08. The summed E-state index contributed by atoms with van der Waals surface area (Å²) in [6, 6.07) is 3.70. The number of ether oxygens (including phenoxy) is 1. The van der Waals surface area contributed by atoms with E-state index in [0.29, 0.717) is 5.92 Å². The molecule has 2 aliphatic heterocycles. The average Bonchev–Trinajstić information content (AvgIpc) is 2.57. The van der Waals surface area contributed by atoms with Gasteiger partial charge < -0.3 is 14.7 Å². The molecule has 1 N–H and O–H groups in total. The highest BCUT2D eigenvalue weighted by molar-refractivity contribution is 5.22. The van der Waals surface area contributed by atoms with E-state index in [9.17, 15) is 13.9 Å². The Labute approximate surface area is 142 Å². The number of aliphatic hydroxyl groups is 1. The van der Waals surface area contributed by atoms with Crippen LogP contribution in [0.5, 0.6) is 0 Å². The van der Waals surface area contributed by atoms with Crippen molar-refractivity contribution in [2.24, 2.45) is 5.92 Å². The van der Waals surface area contributed by atoms with Crippen molar-refractivity contribution in [1.82, 2.24) is 9.80 Å². The summed E-state index contributed by atoms with van der Waals surface area (Å²) in [5.74, 6) is -0.698. The van der Waals surface area contributed by atoms with Crippen LogP contribution in [0.3, 0.4) is 0 Å². The maximum absolute atomic E-state index is 13.7. The van der Waals surface area contributed by atoms with Crippen LogP contribution in [0.4, 0.5) is 8.78 Å². The Balaban J connectivity index is 1.46. The van der Waals surface area contributed by atoms with E-state index in [-0.39, 0.29) is 12.1 Å². The second-order valence-electron chi connectivity index (χ2n) is 6.81. The highest BCUT2D eigenvalue weighted by atomic mass is 19.1. The lowest BCUT2D eigenvalue weighted by Crippen LogP contribution is -2.43. The Morgan fingerprint density at radius 1 is 1.04 bits per heavy atom. The smallest absolute Gasteiger partial charge is 0.131 e. The first-order valence-corrected chi connectivity index (χ1v) is 8.78. The van der Waals surface area contributed by atoms with Crippen molar-refractivity contribution in [3.8, 4) is 0 Å². The molecule has 0 spiro atoms. The molecule has 0 aliphatic carbocycles. The second-order valence-corrected chi connectivity index (χ2v) is 6.81. The number of benzene rings is 1. The minimum absolute atomic E-state index is 0.215. The topological polar surface area (TPSA) is 35.9 Å². The highest BCUT2D eigenvalue weighted by Gasteiger charge is 2.25. The average molecular weight is 340 g/mol. The van der Waals surface area contributed by atoms with Gasteiger partial charge in [0, 0.05) is 26.2 Å². The Morgan fingerprint density at radius 2 is 1.67 bits per heavy atom. The fourth-order valence-electron chi connectivity index (χ4n) is 3.67. The molecular weight excluding hydrogens is 314 g/mol. The molecule has 134 valence electrons. The number of nitrogens with zero attached hydrogens (tertiary/aromatic N) is 2. The molecule has 0 aromatic heterocycles. The Kier molecular flexibility index (Phi) is 6.16. The lowest BCUT2D eigenvalue weighted by molar-refractivity contribution is 0.0214. The number of β-amino-alcohol motifs (C(OH)–C–C–N with tert-alkyl or cyclic N) is 1. The summed E-state index contributed by atoms with van der Waals surface area (Å²) >= 11 is 0. The van der Waals surface area contributed by atoms with Gasteiger partial charge in [-0.1, -0.05) is 6.07 Å². The zero-order valence-corrected chi connectivity index (χ0v) is 14.0. The molecule has 1 unspecified atom stereocenters. The largest absolute Gasteiger partial charge is 0.387 e. The van der Waals surface area contributed by atoms with Crippen LogP contribution in [0.15, 0.2) is 18.2 Å². The van der Waals surface area contributed by atoms with Crippen LogP contribution in [0.25, 0.3) is 0 Å². The number of piperidine rings is 1. The first-order valence-electron chi connectivity index (χ1n) is 8.78. The van der Waals surface area contributed by atoms with Crippen LogP contribution in [0.1, 0.15) is 24.5 Å². The van der Waals surface area contributed by atoms with Gasteiger partial charge in [0.05, 0.1) is 24.9 Å². The Morgan fingerprint density at radius 3 is 2.29 bits per heavy atom. The van der Waals surface area contributed by atoms with Crippen molar-refractivity contribution < 1.29 is 18.6 Å². The molecule has 1 aromatic rings. The van der Waals surface area contributed by atoms with Crippen LogP contribution in [0.2, 0.25) is 0 Å². The highest BCUT2D eigenvalue weighted by Crippen LogP contribution is 2.24. The van der Waals surface area contributed by atoms with Crippen molar-refractivity contribution in [3.05, 3.63) is 35.4 Å². The molecule has 2 heterocycles. The first kappa shape index (κ1) is 17.7. The fourth-order valence-corrected chi connectivity index (χ4v) is 3.67. The van der Waals surface area contributed by atoms with E-state index in [1.54, 1.807) is 0 Å². The summed E-state index contributed by atoms with van der Waals surface area (Å²) in [6.45, 7) is 6.75. The molecular formula is C18H26F2N2O2. The van der Waals surface area contributed by atoms with E-state index in [1.165, 1.54) is 18.2 Å². The maximum atomic E-state index is 13.7. The van der Waals surface area contributed by atoms with Gasteiger partial charge in [0.25, 0.3) is 0 Å². The zero-order chi connectivity index (χ0) is 16.9. The van der Waals surface area contributed by atoms with Gasteiger partial charge in [-0.3, -0.25) is 4.90 Å². The third-order valence-electron chi connectivity index (χ3n) is 5.09. The molecule has 4 nitrogen and oxygen atoms in total. The maximum Gasteiger partial charge on any atom is 0.131 e. The van der Waals surface area contributed by atoms with Gasteiger partial charge in [-0.05, 0) is 44.0 Å². The standard InChI is InChI=1S/C18H26F2N2O2/c19-15-2-1-3-16(20)18(15)17(23)13-21-6-4-14(5-7-21)12-22-8-10-24-11-9-22/h1-3,14,17,23H,4-13H2. The molecule has 1 atom stereocenters. The number of morpholine rings is 1. The summed E-state index contributed by atoms with van der Waals surface area (Å²) < 4.78 is 32.9. The lowest BCUT2D eigenvalue weighted by Gasteiger charge is -2.36. The summed E-state index contributed by atoms with van der Waals surface area (Å²) in [7, 11) is 0. The van der Waals surface area contributed by atoms with Crippen LogP contribution < -0.4 is 0 Å². The third kappa shape index (κ3) is 4.51. The van der Waals surface area contributed by atoms with E-state index in [2.05, 4.69) is 9.80 Å². The predicted octanol–water partition coefficient (Wildman–Crippen LogP) is 2.04. The molecule has 2 saturated heterocycles. The van der Waals surface area contributed by atoms with Gasteiger partial charge in [-0.25, -0.2) is 8.78 Å². The van der Waals surface area contributed by atoms with Crippen LogP contribution in [-0.2, 0) is 4.74 Å². The van der Waals surface area contributed by atoms with E-state index < -0.39 is 17.7 Å². The van der Waals surface area contributed by atoms with Crippen LogP contribution >= 0.6 is 0 Å². The van der Waals surface area contributed by atoms with Gasteiger partial charge in [0.15, 0.2) is 0 Å². The SMILES string of the molecule is OC(CN1CCC(CN2CCOCC2)CC1)c1c(F)cccc1F. The second kappa shape index (κ2) is 8.34. The van der Waals surface area contributed by atoms with Crippen molar-refractivity contribution in [1.29, 1.82) is 0 Å². The van der Waals surface area contributed by atoms with E-state index in [1.807, 2.05) is 0 Å². The predicted molar refractivity (Wildman–Crippen MR) is 87.7 cm³/mol. The van der Waals surface area contributed by atoms with Crippen molar-refractivity contribution in [3.63, 3.8) is 0 Å².